The van der Waals surface area contributed by atoms with Crippen molar-refractivity contribution in [3.63, 3.8) is 0 Å². The van der Waals surface area contributed by atoms with Gasteiger partial charge in [0, 0.05) is 15.1 Å². The van der Waals surface area contributed by atoms with Gasteiger partial charge in [-0.15, -0.1) is 22.9 Å². The van der Waals surface area contributed by atoms with Gasteiger partial charge in [0.2, 0.25) is 0 Å². The molecule has 5 heteroatoms. The van der Waals surface area contributed by atoms with E-state index in [1.54, 1.807) is 12.1 Å². The summed E-state index contributed by atoms with van der Waals surface area (Å²) in [6.07, 6.45) is 0. The summed E-state index contributed by atoms with van der Waals surface area (Å²) in [6, 6.07) is 9.32. The van der Waals surface area contributed by atoms with Crippen LogP contribution in [0.4, 0.5) is 13.2 Å². The highest BCUT2D eigenvalue weighted by Crippen LogP contribution is 2.38. The molecule has 0 amide bonds. The number of rotatable bonds is 2. The highest BCUT2D eigenvalue weighted by atomic mass is 35.5. The molecule has 0 N–H and O–H groups in total. The van der Waals surface area contributed by atoms with E-state index in [9.17, 15) is 13.2 Å². The fourth-order valence-corrected chi connectivity index (χ4v) is 3.46. The van der Waals surface area contributed by atoms with Crippen LogP contribution in [0.5, 0.6) is 0 Å². The van der Waals surface area contributed by atoms with Gasteiger partial charge in [-0.05, 0) is 41.8 Å². The van der Waals surface area contributed by atoms with Crippen molar-refractivity contribution in [2.24, 2.45) is 0 Å². The summed E-state index contributed by atoms with van der Waals surface area (Å²) in [4.78, 5) is 0.650. The summed E-state index contributed by atoms with van der Waals surface area (Å²) in [5.41, 5.74) is 0.0821. The molecule has 0 aliphatic carbocycles. The maximum atomic E-state index is 13.7. The average Bonchev–Trinajstić information content (AvgIpc) is 2.83. The third-order valence-electron chi connectivity index (χ3n) is 2.98. The van der Waals surface area contributed by atoms with Crippen molar-refractivity contribution in [3.8, 4) is 0 Å². The molecular formula is C15H8ClF3S. The molecule has 0 saturated carbocycles. The summed E-state index contributed by atoms with van der Waals surface area (Å²) in [6.45, 7) is 0. The van der Waals surface area contributed by atoms with Crippen molar-refractivity contribution in [2.75, 3.05) is 0 Å². The van der Waals surface area contributed by atoms with Crippen LogP contribution in [0.15, 0.2) is 42.5 Å². The molecule has 0 fully saturated rings. The fraction of sp³-hybridized carbons (Fsp3) is 0.0667. The van der Waals surface area contributed by atoms with Crippen molar-refractivity contribution in [1.29, 1.82) is 0 Å². The van der Waals surface area contributed by atoms with Gasteiger partial charge in [0.15, 0.2) is 0 Å². The summed E-state index contributed by atoms with van der Waals surface area (Å²) in [5, 5.41) is 0.0278. The molecule has 0 aliphatic heterocycles. The van der Waals surface area contributed by atoms with Gasteiger partial charge in [-0.3, -0.25) is 0 Å². The van der Waals surface area contributed by atoms with Gasteiger partial charge in [-0.25, -0.2) is 13.2 Å². The Morgan fingerprint density at radius 1 is 0.900 bits per heavy atom. The highest BCUT2D eigenvalue weighted by molar-refractivity contribution is 7.19. The Kier molecular flexibility index (Phi) is 3.44. The SMILES string of the molecule is Fc1ccc(F)c(C(Cl)c2cc3ccc(F)cc3s2)c1. The van der Waals surface area contributed by atoms with E-state index in [1.165, 1.54) is 23.5 Å². The van der Waals surface area contributed by atoms with E-state index < -0.39 is 17.0 Å². The van der Waals surface area contributed by atoms with Gasteiger partial charge >= 0.3 is 0 Å². The van der Waals surface area contributed by atoms with Crippen LogP contribution in [0.2, 0.25) is 0 Å². The van der Waals surface area contributed by atoms with Crippen molar-refractivity contribution < 1.29 is 13.2 Å². The Labute approximate surface area is 122 Å². The molecule has 0 radical (unpaired) electrons. The molecule has 1 aromatic heterocycles. The number of benzene rings is 2. The largest absolute Gasteiger partial charge is 0.207 e. The number of fused-ring (bicyclic) bond motifs is 1. The van der Waals surface area contributed by atoms with Crippen molar-refractivity contribution in [3.05, 3.63) is 70.4 Å². The Morgan fingerprint density at radius 3 is 2.40 bits per heavy atom. The molecule has 0 bridgehead atoms. The zero-order valence-corrected chi connectivity index (χ0v) is 11.6. The quantitative estimate of drug-likeness (QED) is 0.537. The van der Waals surface area contributed by atoms with E-state index in [2.05, 4.69) is 0 Å². The number of halogens is 4. The molecule has 1 atom stereocenters. The molecule has 3 rings (SSSR count). The fourth-order valence-electron chi connectivity index (χ4n) is 2.01. The third-order valence-corrected chi connectivity index (χ3v) is 4.74. The first-order valence-corrected chi connectivity index (χ1v) is 7.08. The van der Waals surface area contributed by atoms with Gasteiger partial charge in [-0.2, -0.15) is 0 Å². The zero-order chi connectivity index (χ0) is 14.3. The Morgan fingerprint density at radius 2 is 1.60 bits per heavy atom. The molecule has 1 unspecified atom stereocenters. The number of hydrogen-bond acceptors (Lipinski definition) is 1. The van der Waals surface area contributed by atoms with Crippen LogP contribution < -0.4 is 0 Å². The topological polar surface area (TPSA) is 0 Å². The summed E-state index contributed by atoms with van der Waals surface area (Å²) in [7, 11) is 0. The van der Waals surface area contributed by atoms with Crippen LogP contribution in [0.25, 0.3) is 10.1 Å². The zero-order valence-electron chi connectivity index (χ0n) is 10.0. The maximum absolute atomic E-state index is 13.7. The monoisotopic (exact) mass is 312 g/mol. The van der Waals surface area contributed by atoms with E-state index in [0.717, 1.165) is 28.3 Å². The highest BCUT2D eigenvalue weighted by Gasteiger charge is 2.18. The molecule has 0 nitrogen and oxygen atoms in total. The maximum Gasteiger partial charge on any atom is 0.128 e. The lowest BCUT2D eigenvalue weighted by Crippen LogP contribution is -1.95. The van der Waals surface area contributed by atoms with Gasteiger partial charge in [-0.1, -0.05) is 6.07 Å². The predicted molar refractivity (Wildman–Crippen MR) is 75.8 cm³/mol. The van der Waals surface area contributed by atoms with Crippen molar-refractivity contribution in [1.82, 2.24) is 0 Å². The lowest BCUT2D eigenvalue weighted by atomic mass is 10.1. The van der Waals surface area contributed by atoms with Crippen LogP contribution in [0, 0.1) is 17.5 Å². The molecule has 3 aromatic rings. The van der Waals surface area contributed by atoms with E-state index in [4.69, 9.17) is 11.6 Å². The van der Waals surface area contributed by atoms with Gasteiger partial charge in [0.25, 0.3) is 0 Å². The second-order valence-corrected chi connectivity index (χ2v) is 5.91. The second kappa shape index (κ2) is 5.11. The predicted octanol–water partition coefficient (Wildman–Crippen LogP) is 5.65. The molecule has 102 valence electrons. The number of hydrogen-bond donors (Lipinski definition) is 0. The molecular weight excluding hydrogens is 305 g/mol. The van der Waals surface area contributed by atoms with Gasteiger partial charge in [0.1, 0.15) is 17.5 Å². The van der Waals surface area contributed by atoms with E-state index in [-0.39, 0.29) is 11.4 Å². The van der Waals surface area contributed by atoms with Gasteiger partial charge < -0.3 is 0 Å². The van der Waals surface area contributed by atoms with E-state index in [1.807, 2.05) is 0 Å². The Bertz CT molecular complexity index is 782. The number of alkyl halides is 1. The molecule has 0 saturated heterocycles. The minimum Gasteiger partial charge on any atom is -0.207 e. The summed E-state index contributed by atoms with van der Waals surface area (Å²) >= 11 is 7.50. The lowest BCUT2D eigenvalue weighted by Gasteiger charge is -2.08. The summed E-state index contributed by atoms with van der Waals surface area (Å²) < 4.78 is 40.8. The van der Waals surface area contributed by atoms with Gasteiger partial charge in [0.05, 0.1) is 5.38 Å². The summed E-state index contributed by atoms with van der Waals surface area (Å²) in [5.74, 6) is -1.44. The first-order valence-electron chi connectivity index (χ1n) is 5.82. The lowest BCUT2D eigenvalue weighted by molar-refractivity contribution is 0.587. The minimum atomic E-state index is -0.800. The van der Waals surface area contributed by atoms with Crippen molar-refractivity contribution in [2.45, 2.75) is 5.38 Å². The Hall–Kier alpha value is -1.52. The van der Waals surface area contributed by atoms with Crippen LogP contribution in [0.3, 0.4) is 0 Å². The van der Waals surface area contributed by atoms with Crippen LogP contribution in [0.1, 0.15) is 15.8 Å². The molecule has 20 heavy (non-hydrogen) atoms. The molecule has 0 aliphatic rings. The molecule has 0 spiro atoms. The molecule has 2 aromatic carbocycles. The standard InChI is InChI=1S/C15H8ClF3S/c16-15(11-6-9(17)3-4-12(11)19)14-5-8-1-2-10(18)7-13(8)20-14/h1-7,15H. The van der Waals surface area contributed by atoms with Crippen LogP contribution in [-0.2, 0) is 0 Å². The van der Waals surface area contributed by atoms with Crippen LogP contribution >= 0.6 is 22.9 Å². The van der Waals surface area contributed by atoms with E-state index >= 15 is 0 Å². The van der Waals surface area contributed by atoms with Crippen molar-refractivity contribution >= 4 is 33.0 Å². The Balaban J connectivity index is 2.07. The third kappa shape index (κ3) is 2.41. The number of thiophene rings is 1. The second-order valence-electron chi connectivity index (χ2n) is 4.36. The minimum absolute atomic E-state index is 0.0821. The first-order chi connectivity index (χ1) is 9.54. The normalized spacial score (nSPS) is 12.8. The molecule has 1 heterocycles. The smallest absolute Gasteiger partial charge is 0.128 e. The van der Waals surface area contributed by atoms with E-state index in [0.29, 0.717) is 4.88 Å². The van der Waals surface area contributed by atoms with Crippen LogP contribution in [-0.4, -0.2) is 0 Å². The average molecular weight is 313 g/mol. The first kappa shape index (κ1) is 13.5.